The van der Waals surface area contributed by atoms with Crippen molar-refractivity contribution in [2.45, 2.75) is 0 Å². The van der Waals surface area contributed by atoms with Crippen LogP contribution in [0.1, 0.15) is 0 Å². The molecule has 4 aromatic heterocycles. The van der Waals surface area contributed by atoms with Gasteiger partial charge < -0.3 is 4.57 Å². The van der Waals surface area contributed by atoms with Crippen molar-refractivity contribution in [2.75, 3.05) is 0 Å². The summed E-state index contributed by atoms with van der Waals surface area (Å²) in [6.07, 6.45) is 1.88. The van der Waals surface area contributed by atoms with Gasteiger partial charge in [0.15, 0.2) is 0 Å². The number of nitrogens with zero attached hydrogens (tertiary/aromatic N) is 5. The third-order valence-corrected chi connectivity index (χ3v) is 8.11. The summed E-state index contributed by atoms with van der Waals surface area (Å²) in [7, 11) is 0. The van der Waals surface area contributed by atoms with Gasteiger partial charge in [-0.15, -0.1) is 0 Å². The van der Waals surface area contributed by atoms with E-state index >= 15 is 0 Å². The molecule has 0 spiro atoms. The van der Waals surface area contributed by atoms with Crippen LogP contribution < -0.4 is 0 Å². The molecule has 5 heteroatoms. The number of rotatable bonds is 3. The van der Waals surface area contributed by atoms with Crippen molar-refractivity contribution < 1.29 is 0 Å². The molecular formula is C36H23N5. The summed E-state index contributed by atoms with van der Waals surface area (Å²) in [4.78, 5) is 10.1. The van der Waals surface area contributed by atoms with Crippen LogP contribution in [0.15, 0.2) is 140 Å². The molecule has 0 aliphatic rings. The molecule has 0 radical (unpaired) electrons. The molecule has 0 atom stereocenters. The van der Waals surface area contributed by atoms with Gasteiger partial charge in [-0.3, -0.25) is 14.0 Å². The van der Waals surface area contributed by atoms with Gasteiger partial charge in [-0.1, -0.05) is 78.9 Å². The number of aromatic nitrogens is 5. The van der Waals surface area contributed by atoms with Crippen molar-refractivity contribution in [1.82, 2.24) is 23.5 Å². The molecule has 5 nitrogen and oxygen atoms in total. The lowest BCUT2D eigenvalue weighted by Gasteiger charge is -2.16. The minimum absolute atomic E-state index is 0.871. The zero-order valence-corrected chi connectivity index (χ0v) is 22.0. The van der Waals surface area contributed by atoms with Gasteiger partial charge >= 0.3 is 0 Å². The Bertz CT molecular complexity index is 2390. The molecule has 0 saturated carbocycles. The highest BCUT2D eigenvalue weighted by Gasteiger charge is 2.22. The Balaban J connectivity index is 1.38. The Morgan fingerprint density at radius 2 is 1.02 bits per heavy atom. The van der Waals surface area contributed by atoms with Crippen LogP contribution >= 0.6 is 0 Å². The monoisotopic (exact) mass is 525 g/mol. The molecule has 41 heavy (non-hydrogen) atoms. The van der Waals surface area contributed by atoms with Crippen LogP contribution in [0, 0.1) is 0 Å². The van der Waals surface area contributed by atoms with Crippen LogP contribution in [0.5, 0.6) is 0 Å². The molecule has 9 aromatic rings. The van der Waals surface area contributed by atoms with Gasteiger partial charge in [0.1, 0.15) is 0 Å². The highest BCUT2D eigenvalue weighted by molar-refractivity contribution is 6.09. The molecule has 5 aromatic carbocycles. The normalized spacial score (nSPS) is 11.9. The number of hydrogen-bond acceptors (Lipinski definition) is 2. The first kappa shape index (κ1) is 22.2. The summed E-state index contributed by atoms with van der Waals surface area (Å²) in [5.41, 5.74) is 10.6. The summed E-state index contributed by atoms with van der Waals surface area (Å²) < 4.78 is 6.87. The van der Waals surface area contributed by atoms with Crippen molar-refractivity contribution in [3.05, 3.63) is 140 Å². The maximum Gasteiger partial charge on any atom is 0.220 e. The average Bonchev–Trinajstić information content (AvgIpc) is 3.68. The van der Waals surface area contributed by atoms with Crippen molar-refractivity contribution >= 4 is 49.7 Å². The second kappa shape index (κ2) is 8.41. The van der Waals surface area contributed by atoms with Crippen LogP contribution in [0.3, 0.4) is 0 Å². The molecule has 0 amide bonds. The van der Waals surface area contributed by atoms with Crippen molar-refractivity contribution in [3.8, 4) is 22.6 Å². The number of imidazole rings is 2. The van der Waals surface area contributed by atoms with Crippen LogP contribution in [0.2, 0.25) is 0 Å². The predicted molar refractivity (Wildman–Crippen MR) is 167 cm³/mol. The predicted octanol–water partition coefficient (Wildman–Crippen LogP) is 8.59. The molecule has 0 fully saturated rings. The van der Waals surface area contributed by atoms with E-state index in [-0.39, 0.29) is 0 Å². The number of para-hydroxylation sites is 7. The number of fused-ring (bicyclic) bond motifs is 8. The summed E-state index contributed by atoms with van der Waals surface area (Å²) in [5, 5.41) is 2.47. The Kier molecular flexibility index (Phi) is 4.55. The molecule has 0 aliphatic carbocycles. The lowest BCUT2D eigenvalue weighted by Crippen LogP contribution is -2.03. The van der Waals surface area contributed by atoms with E-state index in [0.717, 1.165) is 50.5 Å². The van der Waals surface area contributed by atoms with E-state index < -0.39 is 0 Å². The quantitative estimate of drug-likeness (QED) is 0.232. The molecule has 4 heterocycles. The fourth-order valence-electron chi connectivity index (χ4n) is 6.42. The summed E-state index contributed by atoms with van der Waals surface area (Å²) in [6, 6.07) is 46.8. The van der Waals surface area contributed by atoms with E-state index in [1.54, 1.807) is 0 Å². The minimum Gasteiger partial charge on any atom is -0.309 e. The van der Waals surface area contributed by atoms with E-state index in [9.17, 15) is 0 Å². The first-order valence-electron chi connectivity index (χ1n) is 13.8. The number of benzene rings is 5. The molecule has 9 rings (SSSR count). The van der Waals surface area contributed by atoms with Gasteiger partial charge in [-0.2, -0.15) is 0 Å². The maximum absolute atomic E-state index is 5.11. The Morgan fingerprint density at radius 1 is 0.439 bits per heavy atom. The first-order chi connectivity index (χ1) is 20.4. The number of pyridine rings is 1. The second-order valence-electron chi connectivity index (χ2n) is 10.3. The molecule has 0 bridgehead atoms. The zero-order chi connectivity index (χ0) is 26.9. The van der Waals surface area contributed by atoms with Gasteiger partial charge in [-0.25, -0.2) is 4.98 Å². The molecule has 0 saturated heterocycles. The van der Waals surface area contributed by atoms with Gasteiger partial charge in [0, 0.05) is 22.5 Å². The van der Waals surface area contributed by atoms with E-state index in [1.807, 2.05) is 18.3 Å². The van der Waals surface area contributed by atoms with E-state index in [2.05, 4.69) is 135 Å². The Hall–Kier alpha value is -5.68. The van der Waals surface area contributed by atoms with E-state index in [1.165, 1.54) is 21.8 Å². The van der Waals surface area contributed by atoms with Gasteiger partial charge in [0.2, 0.25) is 5.78 Å². The summed E-state index contributed by atoms with van der Waals surface area (Å²) in [5.74, 6) is 0.871. The van der Waals surface area contributed by atoms with Crippen molar-refractivity contribution in [2.24, 2.45) is 0 Å². The smallest absolute Gasteiger partial charge is 0.220 e. The van der Waals surface area contributed by atoms with Gasteiger partial charge in [0.25, 0.3) is 0 Å². The topological polar surface area (TPSA) is 40.0 Å². The Labute approximate surface area is 235 Å². The molecule has 0 unspecified atom stereocenters. The third kappa shape index (κ3) is 3.06. The fourth-order valence-corrected chi connectivity index (χ4v) is 6.42. The molecular weight excluding hydrogens is 502 g/mol. The summed E-state index contributed by atoms with van der Waals surface area (Å²) in [6.45, 7) is 0. The van der Waals surface area contributed by atoms with Crippen LogP contribution in [-0.2, 0) is 0 Å². The van der Waals surface area contributed by atoms with Crippen LogP contribution in [0.4, 0.5) is 0 Å². The molecule has 192 valence electrons. The first-order valence-corrected chi connectivity index (χ1v) is 13.8. The van der Waals surface area contributed by atoms with Gasteiger partial charge in [-0.05, 0) is 54.6 Å². The lowest BCUT2D eigenvalue weighted by atomic mass is 10.1. The SMILES string of the molecule is c1ccc(-n2c3ccccc3c3ccccc32)c(-c2ncccc2-n2c3ccccc3n3c4ccccc4nc23)c1. The van der Waals surface area contributed by atoms with E-state index in [4.69, 9.17) is 9.97 Å². The largest absolute Gasteiger partial charge is 0.309 e. The summed E-state index contributed by atoms with van der Waals surface area (Å²) >= 11 is 0. The highest BCUT2D eigenvalue weighted by atomic mass is 15.2. The molecule has 0 N–H and O–H groups in total. The third-order valence-electron chi connectivity index (χ3n) is 8.11. The number of hydrogen-bond donors (Lipinski definition) is 0. The average molecular weight is 526 g/mol. The fraction of sp³-hybridized carbons (Fsp3) is 0. The minimum atomic E-state index is 0.871. The van der Waals surface area contributed by atoms with E-state index in [0.29, 0.717) is 0 Å². The van der Waals surface area contributed by atoms with Gasteiger partial charge in [0.05, 0.1) is 50.2 Å². The van der Waals surface area contributed by atoms with Crippen molar-refractivity contribution in [1.29, 1.82) is 0 Å². The highest BCUT2D eigenvalue weighted by Crippen LogP contribution is 2.38. The standard InChI is InChI=1S/C36H23N5/c1-5-16-28-24(12-1)25-13-2-6-17-29(25)39(28)30-18-7-3-14-26(30)35-34(22-11-23-37-35)41-33-21-10-9-20-32(33)40-31-19-8-4-15-27(31)38-36(40)41/h1-23H. The Morgan fingerprint density at radius 3 is 1.80 bits per heavy atom. The van der Waals surface area contributed by atoms with Crippen molar-refractivity contribution in [3.63, 3.8) is 0 Å². The zero-order valence-electron chi connectivity index (χ0n) is 22.0. The second-order valence-corrected chi connectivity index (χ2v) is 10.3. The molecule has 0 aliphatic heterocycles. The maximum atomic E-state index is 5.11. The van der Waals surface area contributed by atoms with Crippen LogP contribution in [-0.4, -0.2) is 23.5 Å². The van der Waals surface area contributed by atoms with Crippen LogP contribution in [0.25, 0.3) is 72.3 Å². The lowest BCUT2D eigenvalue weighted by molar-refractivity contribution is 1.09.